The fourth-order valence-corrected chi connectivity index (χ4v) is 3.24. The molecule has 0 radical (unpaired) electrons. The van der Waals surface area contributed by atoms with E-state index in [1.165, 1.54) is 0 Å². The van der Waals surface area contributed by atoms with E-state index in [-0.39, 0.29) is 11.8 Å². The Morgan fingerprint density at radius 2 is 2.15 bits per heavy atom. The minimum absolute atomic E-state index is 0.0638. The fourth-order valence-electron chi connectivity index (χ4n) is 3.24. The average molecular weight is 352 g/mol. The standard InChI is InChI=1S/C20H24N4O2/c1-3-9-20(2,21)19(26)23-16-6-7-17-14(12-16)8-11-24(17)18(25)15-5-4-10-22-13-15/h4-7,10,12-13H,3,8-9,11,21H2,1-2H3,(H,23,26). The van der Waals surface area contributed by atoms with Crippen molar-refractivity contribution in [2.75, 3.05) is 16.8 Å². The number of nitrogens with one attached hydrogen (secondary N) is 1. The van der Waals surface area contributed by atoms with E-state index in [9.17, 15) is 9.59 Å². The number of carbonyl (C=O) groups excluding carboxylic acids is 2. The van der Waals surface area contributed by atoms with Gasteiger partial charge in [-0.1, -0.05) is 13.3 Å². The Morgan fingerprint density at radius 1 is 1.35 bits per heavy atom. The lowest BCUT2D eigenvalue weighted by Crippen LogP contribution is -2.48. The smallest absolute Gasteiger partial charge is 0.259 e. The number of nitrogens with zero attached hydrogens (tertiary/aromatic N) is 2. The monoisotopic (exact) mass is 352 g/mol. The van der Waals surface area contributed by atoms with Crippen LogP contribution < -0.4 is 16.0 Å². The van der Waals surface area contributed by atoms with E-state index in [0.29, 0.717) is 24.2 Å². The second kappa shape index (κ2) is 7.25. The topological polar surface area (TPSA) is 88.3 Å². The molecule has 2 heterocycles. The highest BCUT2D eigenvalue weighted by molar-refractivity contribution is 6.07. The van der Waals surface area contributed by atoms with E-state index in [0.717, 1.165) is 24.1 Å². The number of rotatable bonds is 5. The number of aromatic nitrogens is 1. The van der Waals surface area contributed by atoms with Crippen LogP contribution in [0.15, 0.2) is 42.7 Å². The molecule has 0 aliphatic carbocycles. The number of hydrogen-bond acceptors (Lipinski definition) is 4. The molecule has 0 saturated heterocycles. The Labute approximate surface area is 153 Å². The van der Waals surface area contributed by atoms with Crippen molar-refractivity contribution in [3.05, 3.63) is 53.9 Å². The first-order chi connectivity index (χ1) is 12.4. The summed E-state index contributed by atoms with van der Waals surface area (Å²) in [6.45, 7) is 4.36. The molecule has 1 aliphatic rings. The maximum absolute atomic E-state index is 12.7. The Balaban J connectivity index is 1.76. The summed E-state index contributed by atoms with van der Waals surface area (Å²) in [5.41, 5.74) is 8.38. The zero-order valence-electron chi connectivity index (χ0n) is 15.2. The third kappa shape index (κ3) is 3.60. The molecule has 1 unspecified atom stereocenters. The Morgan fingerprint density at radius 3 is 2.85 bits per heavy atom. The predicted molar refractivity (Wildman–Crippen MR) is 102 cm³/mol. The quantitative estimate of drug-likeness (QED) is 0.866. The van der Waals surface area contributed by atoms with Crippen molar-refractivity contribution in [1.29, 1.82) is 0 Å². The lowest BCUT2D eigenvalue weighted by atomic mass is 9.96. The van der Waals surface area contributed by atoms with Crippen LogP contribution >= 0.6 is 0 Å². The first-order valence-corrected chi connectivity index (χ1v) is 8.87. The van der Waals surface area contributed by atoms with Crippen LogP contribution in [0.25, 0.3) is 0 Å². The Hall–Kier alpha value is -2.73. The molecule has 0 spiro atoms. The molecule has 6 heteroatoms. The first-order valence-electron chi connectivity index (χ1n) is 8.87. The zero-order valence-corrected chi connectivity index (χ0v) is 15.2. The second-order valence-corrected chi connectivity index (χ2v) is 6.91. The summed E-state index contributed by atoms with van der Waals surface area (Å²) in [4.78, 5) is 30.8. The molecular weight excluding hydrogens is 328 g/mol. The number of benzene rings is 1. The molecule has 3 rings (SSSR count). The van der Waals surface area contributed by atoms with Gasteiger partial charge in [-0.2, -0.15) is 0 Å². The molecule has 1 atom stereocenters. The first kappa shape index (κ1) is 18.1. The van der Waals surface area contributed by atoms with Crippen LogP contribution in [0.1, 0.15) is 42.6 Å². The summed E-state index contributed by atoms with van der Waals surface area (Å²) in [6, 6.07) is 9.12. The number of hydrogen-bond donors (Lipinski definition) is 2. The molecule has 2 amide bonds. The van der Waals surface area contributed by atoms with Gasteiger partial charge in [-0.15, -0.1) is 0 Å². The number of fused-ring (bicyclic) bond motifs is 1. The van der Waals surface area contributed by atoms with Crippen LogP contribution in [-0.2, 0) is 11.2 Å². The van der Waals surface area contributed by atoms with Gasteiger partial charge in [-0.05, 0) is 55.7 Å². The van der Waals surface area contributed by atoms with Gasteiger partial charge in [-0.3, -0.25) is 14.6 Å². The molecule has 2 aromatic rings. The normalized spacial score (nSPS) is 15.3. The fraction of sp³-hybridized carbons (Fsp3) is 0.350. The van der Waals surface area contributed by atoms with Gasteiger partial charge in [0.2, 0.25) is 5.91 Å². The second-order valence-electron chi connectivity index (χ2n) is 6.91. The third-order valence-corrected chi connectivity index (χ3v) is 4.67. The minimum Gasteiger partial charge on any atom is -0.324 e. The summed E-state index contributed by atoms with van der Waals surface area (Å²) in [7, 11) is 0. The molecule has 1 aromatic carbocycles. The van der Waals surface area contributed by atoms with Crippen LogP contribution in [0.5, 0.6) is 0 Å². The summed E-state index contributed by atoms with van der Waals surface area (Å²) in [5, 5.41) is 2.90. The van der Waals surface area contributed by atoms with Gasteiger partial charge in [0, 0.05) is 30.3 Å². The predicted octanol–water partition coefficient (Wildman–Crippen LogP) is 2.74. The number of amides is 2. The van der Waals surface area contributed by atoms with Crippen molar-refractivity contribution in [3.8, 4) is 0 Å². The van der Waals surface area contributed by atoms with Crippen LogP contribution in [0.2, 0.25) is 0 Å². The van der Waals surface area contributed by atoms with Gasteiger partial charge in [0.15, 0.2) is 0 Å². The maximum atomic E-state index is 12.7. The lowest BCUT2D eigenvalue weighted by Gasteiger charge is -2.23. The SMILES string of the molecule is CCCC(C)(N)C(=O)Nc1ccc2c(c1)CCN2C(=O)c1cccnc1. The molecule has 3 N–H and O–H groups in total. The number of pyridine rings is 1. The molecule has 1 aromatic heterocycles. The average Bonchev–Trinajstić information content (AvgIpc) is 3.05. The van der Waals surface area contributed by atoms with Crippen molar-refractivity contribution in [3.63, 3.8) is 0 Å². The maximum Gasteiger partial charge on any atom is 0.259 e. The number of anilines is 2. The molecule has 136 valence electrons. The van der Waals surface area contributed by atoms with Crippen LogP contribution in [0.3, 0.4) is 0 Å². The molecule has 0 fully saturated rings. The van der Waals surface area contributed by atoms with Gasteiger partial charge < -0.3 is 16.0 Å². The lowest BCUT2D eigenvalue weighted by molar-refractivity contribution is -0.120. The Kier molecular flexibility index (Phi) is 5.04. The van der Waals surface area contributed by atoms with Crippen LogP contribution in [-0.4, -0.2) is 28.9 Å². The van der Waals surface area contributed by atoms with Gasteiger partial charge in [0.05, 0.1) is 11.1 Å². The summed E-state index contributed by atoms with van der Waals surface area (Å²) < 4.78 is 0. The van der Waals surface area contributed by atoms with E-state index in [2.05, 4.69) is 10.3 Å². The molecular formula is C20H24N4O2. The number of carbonyl (C=O) groups is 2. The highest BCUT2D eigenvalue weighted by Gasteiger charge is 2.29. The molecule has 0 bridgehead atoms. The number of nitrogens with two attached hydrogens (primary N) is 1. The summed E-state index contributed by atoms with van der Waals surface area (Å²) >= 11 is 0. The van der Waals surface area contributed by atoms with Crippen molar-refractivity contribution in [2.24, 2.45) is 5.73 Å². The third-order valence-electron chi connectivity index (χ3n) is 4.67. The van der Waals surface area contributed by atoms with E-state index >= 15 is 0 Å². The Bertz CT molecular complexity index is 818. The largest absolute Gasteiger partial charge is 0.324 e. The van der Waals surface area contributed by atoms with E-state index < -0.39 is 5.54 Å². The van der Waals surface area contributed by atoms with Gasteiger partial charge in [-0.25, -0.2) is 0 Å². The van der Waals surface area contributed by atoms with Crippen molar-refractivity contribution >= 4 is 23.2 Å². The summed E-state index contributed by atoms with van der Waals surface area (Å²) in [5.74, 6) is -0.258. The van der Waals surface area contributed by atoms with E-state index in [1.807, 2.05) is 25.1 Å². The minimum atomic E-state index is -0.893. The van der Waals surface area contributed by atoms with Gasteiger partial charge in [0.25, 0.3) is 5.91 Å². The van der Waals surface area contributed by atoms with Crippen LogP contribution in [0.4, 0.5) is 11.4 Å². The molecule has 6 nitrogen and oxygen atoms in total. The van der Waals surface area contributed by atoms with E-state index in [4.69, 9.17) is 5.73 Å². The zero-order chi connectivity index (χ0) is 18.7. The summed E-state index contributed by atoms with van der Waals surface area (Å²) in [6.07, 6.45) is 5.44. The van der Waals surface area contributed by atoms with E-state index in [1.54, 1.807) is 36.4 Å². The van der Waals surface area contributed by atoms with Gasteiger partial charge in [0.1, 0.15) is 0 Å². The molecule has 1 aliphatic heterocycles. The highest BCUT2D eigenvalue weighted by atomic mass is 16.2. The molecule has 0 saturated carbocycles. The highest BCUT2D eigenvalue weighted by Crippen LogP contribution is 2.31. The van der Waals surface area contributed by atoms with Crippen molar-refractivity contribution in [2.45, 2.75) is 38.6 Å². The van der Waals surface area contributed by atoms with Crippen molar-refractivity contribution < 1.29 is 9.59 Å². The van der Waals surface area contributed by atoms with Gasteiger partial charge >= 0.3 is 0 Å². The van der Waals surface area contributed by atoms with Crippen LogP contribution in [0, 0.1) is 0 Å². The van der Waals surface area contributed by atoms with Crippen molar-refractivity contribution in [1.82, 2.24) is 4.98 Å². The molecule has 26 heavy (non-hydrogen) atoms.